The fraction of sp³-hybridized carbons (Fsp3) is 0.786. The van der Waals surface area contributed by atoms with Gasteiger partial charge in [-0.3, -0.25) is 9.59 Å². The molecule has 0 aromatic rings. The third-order valence-corrected chi connectivity index (χ3v) is 4.44. The average molecular weight is 297 g/mol. The van der Waals surface area contributed by atoms with Crippen LogP contribution >= 0.6 is 0 Å². The zero-order valence-corrected chi connectivity index (χ0v) is 12.4. The quantitative estimate of drug-likeness (QED) is 0.690. The van der Waals surface area contributed by atoms with Gasteiger partial charge in [0.2, 0.25) is 5.91 Å². The van der Waals surface area contributed by atoms with E-state index in [4.69, 9.17) is 5.11 Å². The summed E-state index contributed by atoms with van der Waals surface area (Å²) in [5, 5.41) is 14.6. The van der Waals surface area contributed by atoms with Gasteiger partial charge in [0, 0.05) is 32.6 Å². The second-order valence-corrected chi connectivity index (χ2v) is 6.21. The predicted molar refractivity (Wildman–Crippen MR) is 75.7 cm³/mol. The third-order valence-electron chi connectivity index (χ3n) is 4.44. The molecule has 0 radical (unpaired) electrons. The molecule has 21 heavy (non-hydrogen) atoms. The highest BCUT2D eigenvalue weighted by Crippen LogP contribution is 2.43. The fourth-order valence-electron chi connectivity index (χ4n) is 3.14. The number of carbonyl (C=O) groups is 3. The molecule has 1 saturated carbocycles. The Bertz CT molecular complexity index is 434. The maximum absolute atomic E-state index is 12.1. The normalized spacial score (nSPS) is 23.3. The summed E-state index contributed by atoms with van der Waals surface area (Å²) >= 11 is 0. The third kappa shape index (κ3) is 4.09. The summed E-state index contributed by atoms with van der Waals surface area (Å²) in [7, 11) is 0. The summed E-state index contributed by atoms with van der Waals surface area (Å²) in [6, 6.07) is -0.149. The van der Waals surface area contributed by atoms with Gasteiger partial charge in [-0.05, 0) is 24.7 Å². The van der Waals surface area contributed by atoms with E-state index in [9.17, 15) is 14.4 Å². The van der Waals surface area contributed by atoms with Crippen molar-refractivity contribution in [3.8, 4) is 0 Å². The lowest BCUT2D eigenvalue weighted by Gasteiger charge is -2.41. The minimum atomic E-state index is -0.809. The zero-order chi connectivity index (χ0) is 15.5. The highest BCUT2D eigenvalue weighted by Gasteiger charge is 2.39. The van der Waals surface area contributed by atoms with Crippen LogP contribution < -0.4 is 10.6 Å². The second kappa shape index (κ2) is 6.32. The van der Waals surface area contributed by atoms with E-state index in [1.54, 1.807) is 4.90 Å². The summed E-state index contributed by atoms with van der Waals surface area (Å²) in [5.41, 5.74) is -0.266. The largest absolute Gasteiger partial charge is 0.481 e. The number of nitrogens with zero attached hydrogens (tertiary/aromatic N) is 1. The summed E-state index contributed by atoms with van der Waals surface area (Å²) < 4.78 is 0. The summed E-state index contributed by atoms with van der Waals surface area (Å²) in [5.74, 6) is -0.895. The van der Waals surface area contributed by atoms with Crippen LogP contribution in [0.15, 0.2) is 0 Å². The number of urea groups is 1. The van der Waals surface area contributed by atoms with Crippen LogP contribution in [0.25, 0.3) is 0 Å². The van der Waals surface area contributed by atoms with Crippen molar-refractivity contribution in [3.63, 3.8) is 0 Å². The first-order valence-corrected chi connectivity index (χ1v) is 7.42. The summed E-state index contributed by atoms with van der Waals surface area (Å²) in [4.78, 5) is 35.7. The van der Waals surface area contributed by atoms with Crippen LogP contribution in [-0.4, -0.2) is 53.6 Å². The molecule has 2 rings (SSSR count). The van der Waals surface area contributed by atoms with Gasteiger partial charge in [-0.2, -0.15) is 0 Å². The Balaban J connectivity index is 1.77. The van der Waals surface area contributed by atoms with E-state index in [1.165, 1.54) is 6.92 Å². The SMILES string of the molecule is CC(=O)NC1CCN(C(=O)NCC2(CC(=O)O)CCC2)C1. The number of carbonyl (C=O) groups excluding carboxylic acids is 2. The number of hydrogen-bond acceptors (Lipinski definition) is 3. The van der Waals surface area contributed by atoms with Crippen molar-refractivity contribution in [2.45, 2.75) is 45.1 Å². The van der Waals surface area contributed by atoms with E-state index in [2.05, 4.69) is 10.6 Å². The molecule has 7 nitrogen and oxygen atoms in total. The van der Waals surface area contributed by atoms with E-state index in [-0.39, 0.29) is 29.8 Å². The van der Waals surface area contributed by atoms with Crippen molar-refractivity contribution in [2.75, 3.05) is 19.6 Å². The first-order chi connectivity index (χ1) is 9.90. The number of rotatable bonds is 5. The van der Waals surface area contributed by atoms with Crippen LogP contribution in [0, 0.1) is 5.41 Å². The second-order valence-electron chi connectivity index (χ2n) is 6.21. The van der Waals surface area contributed by atoms with Crippen molar-refractivity contribution in [1.82, 2.24) is 15.5 Å². The molecule has 0 bridgehead atoms. The van der Waals surface area contributed by atoms with Crippen molar-refractivity contribution >= 4 is 17.9 Å². The van der Waals surface area contributed by atoms with Gasteiger partial charge in [0.05, 0.1) is 6.42 Å². The van der Waals surface area contributed by atoms with Crippen molar-refractivity contribution in [3.05, 3.63) is 0 Å². The standard InChI is InChI=1S/C14H23N3O4/c1-10(18)16-11-3-6-17(8-11)13(21)15-9-14(4-2-5-14)7-12(19)20/h11H,2-9H2,1H3,(H,15,21)(H,16,18)(H,19,20). The molecule has 0 spiro atoms. The Morgan fingerprint density at radius 3 is 2.57 bits per heavy atom. The maximum Gasteiger partial charge on any atom is 0.317 e. The molecular formula is C14H23N3O4. The lowest BCUT2D eigenvalue weighted by atomic mass is 9.66. The summed E-state index contributed by atoms with van der Waals surface area (Å²) in [6.07, 6.45) is 3.61. The van der Waals surface area contributed by atoms with E-state index < -0.39 is 5.97 Å². The van der Waals surface area contributed by atoms with Gasteiger partial charge in [-0.25, -0.2) is 4.79 Å². The first kappa shape index (κ1) is 15.6. The van der Waals surface area contributed by atoms with E-state index in [0.29, 0.717) is 19.6 Å². The smallest absolute Gasteiger partial charge is 0.317 e. The van der Waals surface area contributed by atoms with Crippen molar-refractivity contribution in [1.29, 1.82) is 0 Å². The highest BCUT2D eigenvalue weighted by molar-refractivity contribution is 5.76. The molecule has 1 heterocycles. The maximum atomic E-state index is 12.1. The Kier molecular flexibility index (Phi) is 4.69. The van der Waals surface area contributed by atoms with Crippen molar-refractivity contribution < 1.29 is 19.5 Å². The van der Waals surface area contributed by atoms with E-state index in [1.807, 2.05) is 0 Å². The lowest BCUT2D eigenvalue weighted by molar-refractivity contribution is -0.141. The highest BCUT2D eigenvalue weighted by atomic mass is 16.4. The van der Waals surface area contributed by atoms with E-state index >= 15 is 0 Å². The number of carboxylic acids is 1. The predicted octanol–water partition coefficient (Wildman–Crippen LogP) is 0.551. The van der Waals surface area contributed by atoms with Crippen LogP contribution in [-0.2, 0) is 9.59 Å². The Morgan fingerprint density at radius 2 is 2.05 bits per heavy atom. The zero-order valence-electron chi connectivity index (χ0n) is 12.4. The van der Waals surface area contributed by atoms with Gasteiger partial charge in [0.25, 0.3) is 0 Å². The van der Waals surface area contributed by atoms with Gasteiger partial charge < -0.3 is 20.6 Å². The molecule has 3 N–H and O–H groups in total. The molecule has 3 amide bonds. The van der Waals surface area contributed by atoms with Gasteiger partial charge in [-0.1, -0.05) is 6.42 Å². The Hall–Kier alpha value is -1.79. The van der Waals surface area contributed by atoms with E-state index in [0.717, 1.165) is 25.7 Å². The monoisotopic (exact) mass is 297 g/mol. The molecule has 0 aromatic heterocycles. The number of aliphatic carboxylic acids is 1. The van der Waals surface area contributed by atoms with Crippen LogP contribution in [0.3, 0.4) is 0 Å². The molecule has 1 atom stereocenters. The van der Waals surface area contributed by atoms with Crippen molar-refractivity contribution in [2.24, 2.45) is 5.41 Å². The number of amides is 3. The van der Waals surface area contributed by atoms with Crippen LogP contribution in [0.5, 0.6) is 0 Å². The molecule has 2 aliphatic rings. The minimum Gasteiger partial charge on any atom is -0.481 e. The van der Waals surface area contributed by atoms with Gasteiger partial charge in [-0.15, -0.1) is 0 Å². The fourth-order valence-corrected chi connectivity index (χ4v) is 3.14. The number of carboxylic acid groups (broad SMARTS) is 1. The molecule has 1 aliphatic carbocycles. The molecule has 1 unspecified atom stereocenters. The topological polar surface area (TPSA) is 98.7 Å². The number of hydrogen-bond donors (Lipinski definition) is 3. The molecular weight excluding hydrogens is 274 g/mol. The van der Waals surface area contributed by atoms with Gasteiger partial charge >= 0.3 is 12.0 Å². The number of nitrogens with one attached hydrogen (secondary N) is 2. The molecule has 1 saturated heterocycles. The van der Waals surface area contributed by atoms with Crippen LogP contribution in [0.2, 0.25) is 0 Å². The lowest BCUT2D eigenvalue weighted by Crippen LogP contribution is -2.48. The van der Waals surface area contributed by atoms with Crippen LogP contribution in [0.1, 0.15) is 39.0 Å². The minimum absolute atomic E-state index is 0.0185. The number of likely N-dealkylation sites (tertiary alicyclic amines) is 1. The van der Waals surface area contributed by atoms with Gasteiger partial charge in [0.15, 0.2) is 0 Å². The Morgan fingerprint density at radius 1 is 1.33 bits per heavy atom. The van der Waals surface area contributed by atoms with Gasteiger partial charge in [0.1, 0.15) is 0 Å². The summed E-state index contributed by atoms with van der Waals surface area (Å²) in [6.45, 7) is 3.01. The first-order valence-electron chi connectivity index (χ1n) is 7.42. The average Bonchev–Trinajstić information content (AvgIpc) is 2.79. The molecule has 7 heteroatoms. The molecule has 2 fully saturated rings. The molecule has 1 aliphatic heterocycles. The molecule has 0 aromatic carbocycles. The Labute approximate surface area is 124 Å². The molecule has 118 valence electrons. The van der Waals surface area contributed by atoms with Crippen LogP contribution in [0.4, 0.5) is 4.79 Å².